The lowest BCUT2D eigenvalue weighted by Gasteiger charge is -2.09. The minimum atomic E-state index is -1.60. The molecule has 2 rings (SSSR count). The molecule has 0 unspecified atom stereocenters. The number of rotatable bonds is 3. The highest BCUT2D eigenvalue weighted by Crippen LogP contribution is 2.13. The van der Waals surface area contributed by atoms with Gasteiger partial charge in [0.1, 0.15) is 5.82 Å². The van der Waals surface area contributed by atoms with E-state index in [1.165, 1.54) is 23.0 Å². The number of nitrogens with zero attached hydrogens (tertiary/aromatic N) is 2. The molecule has 0 bridgehead atoms. The van der Waals surface area contributed by atoms with Gasteiger partial charge in [-0.3, -0.25) is 4.68 Å². The largest absolute Gasteiger partial charge is 0.363 e. The first kappa shape index (κ1) is 10.8. The fourth-order valence-corrected chi connectivity index (χ4v) is 1.48. The first-order valence-corrected chi connectivity index (χ1v) is 4.80. The SMILES string of the molecule is OC(O)c1ccnn1Cc1ccccc1F. The van der Waals surface area contributed by atoms with Crippen LogP contribution in [0.25, 0.3) is 0 Å². The number of halogens is 1. The van der Waals surface area contributed by atoms with Crippen LogP contribution >= 0.6 is 0 Å². The van der Waals surface area contributed by atoms with Crippen molar-refractivity contribution in [2.24, 2.45) is 0 Å². The summed E-state index contributed by atoms with van der Waals surface area (Å²) >= 11 is 0. The molecule has 0 aliphatic heterocycles. The molecule has 5 heteroatoms. The van der Waals surface area contributed by atoms with Gasteiger partial charge in [0.25, 0.3) is 0 Å². The number of benzene rings is 1. The standard InChI is InChI=1S/C11H11FN2O2/c12-9-4-2-1-3-8(9)7-14-10(11(15)16)5-6-13-14/h1-6,11,15-16H,7H2. The summed E-state index contributed by atoms with van der Waals surface area (Å²) < 4.78 is 14.7. The van der Waals surface area contributed by atoms with Crippen molar-refractivity contribution >= 4 is 0 Å². The van der Waals surface area contributed by atoms with E-state index in [1.807, 2.05) is 0 Å². The molecular weight excluding hydrogens is 211 g/mol. The fourth-order valence-electron chi connectivity index (χ4n) is 1.48. The molecule has 0 aliphatic carbocycles. The maximum Gasteiger partial charge on any atom is 0.195 e. The third kappa shape index (κ3) is 2.10. The molecule has 0 atom stereocenters. The Labute approximate surface area is 91.6 Å². The van der Waals surface area contributed by atoms with Crippen molar-refractivity contribution in [2.45, 2.75) is 12.8 Å². The van der Waals surface area contributed by atoms with E-state index < -0.39 is 6.29 Å². The smallest absolute Gasteiger partial charge is 0.195 e. The van der Waals surface area contributed by atoms with Crippen molar-refractivity contribution in [1.82, 2.24) is 9.78 Å². The fraction of sp³-hybridized carbons (Fsp3) is 0.182. The molecule has 16 heavy (non-hydrogen) atoms. The van der Waals surface area contributed by atoms with Crippen LogP contribution < -0.4 is 0 Å². The Balaban J connectivity index is 2.27. The number of aliphatic hydroxyl groups is 2. The summed E-state index contributed by atoms with van der Waals surface area (Å²) in [5.74, 6) is -0.337. The van der Waals surface area contributed by atoms with Crippen LogP contribution in [-0.4, -0.2) is 20.0 Å². The minimum Gasteiger partial charge on any atom is -0.363 e. The number of hydrogen-bond acceptors (Lipinski definition) is 3. The second kappa shape index (κ2) is 4.42. The van der Waals surface area contributed by atoms with Crippen LogP contribution in [0.3, 0.4) is 0 Å². The maximum absolute atomic E-state index is 13.3. The van der Waals surface area contributed by atoms with Crippen molar-refractivity contribution in [3.05, 3.63) is 53.6 Å². The highest BCUT2D eigenvalue weighted by atomic mass is 19.1. The minimum absolute atomic E-state index is 0.173. The summed E-state index contributed by atoms with van der Waals surface area (Å²) in [5.41, 5.74) is 0.691. The van der Waals surface area contributed by atoms with Crippen LogP contribution in [0, 0.1) is 5.82 Å². The van der Waals surface area contributed by atoms with Gasteiger partial charge in [0, 0.05) is 11.8 Å². The quantitative estimate of drug-likeness (QED) is 0.763. The Hall–Kier alpha value is -1.72. The van der Waals surface area contributed by atoms with Crippen molar-refractivity contribution < 1.29 is 14.6 Å². The Kier molecular flexibility index (Phi) is 2.98. The van der Waals surface area contributed by atoms with E-state index in [-0.39, 0.29) is 18.1 Å². The molecule has 4 nitrogen and oxygen atoms in total. The predicted molar refractivity (Wildman–Crippen MR) is 54.9 cm³/mol. The van der Waals surface area contributed by atoms with Crippen molar-refractivity contribution in [3.63, 3.8) is 0 Å². The van der Waals surface area contributed by atoms with Gasteiger partial charge < -0.3 is 10.2 Å². The molecule has 0 amide bonds. The van der Waals surface area contributed by atoms with Gasteiger partial charge in [-0.1, -0.05) is 18.2 Å². The predicted octanol–water partition coefficient (Wildman–Crippen LogP) is 1.05. The summed E-state index contributed by atoms with van der Waals surface area (Å²) in [6.07, 6.45) is -0.162. The molecule has 1 aromatic carbocycles. The lowest BCUT2D eigenvalue weighted by atomic mass is 10.2. The molecule has 2 N–H and O–H groups in total. The van der Waals surface area contributed by atoms with Gasteiger partial charge in [0.05, 0.1) is 12.2 Å². The van der Waals surface area contributed by atoms with E-state index in [9.17, 15) is 4.39 Å². The third-order valence-electron chi connectivity index (χ3n) is 2.29. The number of hydrogen-bond donors (Lipinski definition) is 2. The molecule has 1 aromatic heterocycles. The first-order chi connectivity index (χ1) is 7.68. The molecule has 0 spiro atoms. The topological polar surface area (TPSA) is 58.3 Å². The first-order valence-electron chi connectivity index (χ1n) is 4.80. The second-order valence-electron chi connectivity index (χ2n) is 3.38. The van der Waals surface area contributed by atoms with Crippen LogP contribution in [0.4, 0.5) is 4.39 Å². The lowest BCUT2D eigenvalue weighted by Crippen LogP contribution is -2.10. The van der Waals surface area contributed by atoms with Crippen molar-refractivity contribution in [1.29, 1.82) is 0 Å². The molecule has 1 heterocycles. The Morgan fingerprint density at radius 3 is 2.69 bits per heavy atom. The second-order valence-corrected chi connectivity index (χ2v) is 3.38. The van der Waals surface area contributed by atoms with Gasteiger partial charge in [0.15, 0.2) is 6.29 Å². The number of aromatic nitrogens is 2. The molecular formula is C11H11FN2O2. The molecule has 0 aliphatic rings. The monoisotopic (exact) mass is 222 g/mol. The van der Waals surface area contributed by atoms with Crippen LogP contribution in [0.1, 0.15) is 17.5 Å². The van der Waals surface area contributed by atoms with Crippen LogP contribution in [-0.2, 0) is 6.54 Å². The zero-order valence-electron chi connectivity index (χ0n) is 8.42. The molecule has 84 valence electrons. The van der Waals surface area contributed by atoms with E-state index in [0.717, 1.165) is 0 Å². The van der Waals surface area contributed by atoms with Gasteiger partial charge in [-0.15, -0.1) is 0 Å². The van der Waals surface area contributed by atoms with Crippen molar-refractivity contribution in [3.8, 4) is 0 Å². The van der Waals surface area contributed by atoms with E-state index in [4.69, 9.17) is 10.2 Å². The summed E-state index contributed by atoms with van der Waals surface area (Å²) in [4.78, 5) is 0. The Morgan fingerprint density at radius 2 is 2.00 bits per heavy atom. The highest BCUT2D eigenvalue weighted by Gasteiger charge is 2.11. The Morgan fingerprint density at radius 1 is 1.25 bits per heavy atom. The van der Waals surface area contributed by atoms with Gasteiger partial charge in [0.2, 0.25) is 0 Å². The van der Waals surface area contributed by atoms with E-state index in [2.05, 4.69) is 5.10 Å². The van der Waals surface area contributed by atoms with Crippen LogP contribution in [0.5, 0.6) is 0 Å². The molecule has 0 saturated carbocycles. The third-order valence-corrected chi connectivity index (χ3v) is 2.29. The average Bonchev–Trinajstić information content (AvgIpc) is 2.69. The Bertz CT molecular complexity index is 482. The zero-order valence-corrected chi connectivity index (χ0v) is 8.42. The average molecular weight is 222 g/mol. The van der Waals surface area contributed by atoms with Gasteiger partial charge in [-0.25, -0.2) is 4.39 Å². The maximum atomic E-state index is 13.3. The van der Waals surface area contributed by atoms with E-state index in [1.54, 1.807) is 18.2 Å². The van der Waals surface area contributed by atoms with E-state index in [0.29, 0.717) is 5.56 Å². The zero-order chi connectivity index (χ0) is 11.5. The van der Waals surface area contributed by atoms with Crippen LogP contribution in [0.15, 0.2) is 36.5 Å². The van der Waals surface area contributed by atoms with E-state index >= 15 is 0 Å². The molecule has 0 fully saturated rings. The molecule has 2 aromatic rings. The number of aliphatic hydroxyl groups excluding tert-OH is 1. The highest BCUT2D eigenvalue weighted by molar-refractivity contribution is 5.18. The summed E-state index contributed by atoms with van der Waals surface area (Å²) in [6, 6.07) is 7.78. The lowest BCUT2D eigenvalue weighted by molar-refractivity contribution is -0.0488. The molecule has 0 radical (unpaired) electrons. The molecule has 0 saturated heterocycles. The van der Waals surface area contributed by atoms with Gasteiger partial charge in [-0.2, -0.15) is 5.10 Å². The summed E-state index contributed by atoms with van der Waals surface area (Å²) in [6.45, 7) is 0.173. The van der Waals surface area contributed by atoms with Crippen molar-refractivity contribution in [2.75, 3.05) is 0 Å². The normalized spacial score (nSPS) is 11.0. The summed E-state index contributed by atoms with van der Waals surface area (Å²) in [5, 5.41) is 22.0. The van der Waals surface area contributed by atoms with Gasteiger partial charge in [-0.05, 0) is 12.1 Å². The van der Waals surface area contributed by atoms with Gasteiger partial charge >= 0.3 is 0 Å². The summed E-state index contributed by atoms with van der Waals surface area (Å²) in [7, 11) is 0. The van der Waals surface area contributed by atoms with Crippen LogP contribution in [0.2, 0.25) is 0 Å².